The summed E-state index contributed by atoms with van der Waals surface area (Å²) in [6.07, 6.45) is -4.70. The molecule has 0 aliphatic carbocycles. The molecule has 1 aliphatic heterocycles. The number of rotatable bonds is 6. The van der Waals surface area contributed by atoms with Crippen molar-refractivity contribution in [2.75, 3.05) is 31.5 Å². The van der Waals surface area contributed by atoms with Crippen LogP contribution < -0.4 is 16.3 Å². The third-order valence-corrected chi connectivity index (χ3v) is 6.36. The predicted molar refractivity (Wildman–Crippen MR) is 150 cm³/mol. The first-order valence-corrected chi connectivity index (χ1v) is 13.4. The number of hydrogen-bond acceptors (Lipinski definition) is 7. The monoisotopic (exact) mass is 608 g/mol. The van der Waals surface area contributed by atoms with E-state index in [0.717, 1.165) is 16.7 Å². The number of urea groups is 1. The first kappa shape index (κ1) is 33.1. The number of alkyl halides is 3. The standard InChI is InChI=1S/C28H35F3N6O6/c1-17(38)15-18-7-8-19(16-20(18)28(29,30)31)37-10-9-21(33-24(37)41)32-23(40)36-13-11-35(12-14-36)22(39)27(5,6)34-25(42)43-26(2,3)4/h7-10,16H,11-15H2,1-6H3,(H,34,42)(H,32,33,40,41). The molecule has 2 N–H and O–H groups in total. The number of anilines is 1. The number of amides is 4. The van der Waals surface area contributed by atoms with Crippen molar-refractivity contribution in [1.29, 1.82) is 0 Å². The van der Waals surface area contributed by atoms with E-state index in [1.807, 2.05) is 0 Å². The Hall–Kier alpha value is -4.43. The van der Waals surface area contributed by atoms with Crippen molar-refractivity contribution in [3.8, 4) is 5.69 Å². The normalized spacial score (nSPS) is 14.3. The Morgan fingerprint density at radius 3 is 2.09 bits per heavy atom. The van der Waals surface area contributed by atoms with Gasteiger partial charge >= 0.3 is 24.0 Å². The number of nitrogens with zero attached hydrogens (tertiary/aromatic N) is 4. The van der Waals surface area contributed by atoms with E-state index in [9.17, 15) is 37.1 Å². The van der Waals surface area contributed by atoms with E-state index >= 15 is 0 Å². The number of nitrogens with one attached hydrogen (secondary N) is 2. The highest BCUT2D eigenvalue weighted by molar-refractivity contribution is 5.90. The quantitative estimate of drug-likeness (QED) is 0.512. The Kier molecular flexibility index (Phi) is 9.56. The average Bonchev–Trinajstić information content (AvgIpc) is 2.86. The van der Waals surface area contributed by atoms with E-state index in [2.05, 4.69) is 15.6 Å². The van der Waals surface area contributed by atoms with Crippen LogP contribution in [0.1, 0.15) is 52.7 Å². The van der Waals surface area contributed by atoms with Crippen molar-refractivity contribution in [3.63, 3.8) is 0 Å². The minimum Gasteiger partial charge on any atom is -0.444 e. The zero-order chi connectivity index (χ0) is 32.3. The Morgan fingerprint density at radius 2 is 1.56 bits per heavy atom. The van der Waals surface area contributed by atoms with Crippen LogP contribution in [0.2, 0.25) is 0 Å². The molecule has 15 heteroatoms. The number of carbonyl (C=O) groups is 4. The van der Waals surface area contributed by atoms with Crippen LogP contribution in [0.25, 0.3) is 5.69 Å². The van der Waals surface area contributed by atoms with E-state index in [4.69, 9.17) is 4.74 Å². The molecule has 12 nitrogen and oxygen atoms in total. The zero-order valence-corrected chi connectivity index (χ0v) is 24.8. The van der Waals surface area contributed by atoms with Crippen LogP contribution in [0.3, 0.4) is 0 Å². The molecule has 0 atom stereocenters. The maximum Gasteiger partial charge on any atom is 0.416 e. The SMILES string of the molecule is CC(=O)Cc1ccc(-n2ccc(NC(=O)N3CCN(C(=O)C(C)(C)NC(=O)OC(C)(C)C)CC3)nc2=O)cc1C(F)(F)F. The van der Waals surface area contributed by atoms with Crippen LogP contribution in [-0.4, -0.2) is 80.5 Å². The summed E-state index contributed by atoms with van der Waals surface area (Å²) < 4.78 is 46.9. The summed E-state index contributed by atoms with van der Waals surface area (Å²) in [4.78, 5) is 68.7. The summed E-state index contributed by atoms with van der Waals surface area (Å²) in [5.74, 6) is -0.910. The molecule has 0 unspecified atom stereocenters. The van der Waals surface area contributed by atoms with Gasteiger partial charge in [-0.3, -0.25) is 19.5 Å². The lowest BCUT2D eigenvalue weighted by Gasteiger charge is -2.38. The smallest absolute Gasteiger partial charge is 0.416 e. The van der Waals surface area contributed by atoms with Crippen LogP contribution in [0.5, 0.6) is 0 Å². The highest BCUT2D eigenvalue weighted by Gasteiger charge is 2.37. The van der Waals surface area contributed by atoms with Crippen LogP contribution >= 0.6 is 0 Å². The molecule has 234 valence electrons. The van der Waals surface area contributed by atoms with Crippen molar-refractivity contribution in [2.45, 2.75) is 65.3 Å². The van der Waals surface area contributed by atoms with Crippen LogP contribution in [-0.2, 0) is 26.9 Å². The van der Waals surface area contributed by atoms with Crippen molar-refractivity contribution < 1.29 is 37.1 Å². The van der Waals surface area contributed by atoms with Gasteiger partial charge in [-0.15, -0.1) is 0 Å². The van der Waals surface area contributed by atoms with Gasteiger partial charge < -0.3 is 19.9 Å². The number of ether oxygens (including phenoxy) is 1. The molecule has 3 rings (SSSR count). The maximum absolute atomic E-state index is 13.6. The highest BCUT2D eigenvalue weighted by atomic mass is 19.4. The summed E-state index contributed by atoms with van der Waals surface area (Å²) >= 11 is 0. The van der Waals surface area contributed by atoms with E-state index in [0.29, 0.717) is 0 Å². The molecule has 1 fully saturated rings. The highest BCUT2D eigenvalue weighted by Crippen LogP contribution is 2.33. The van der Waals surface area contributed by atoms with Crippen molar-refractivity contribution in [3.05, 3.63) is 52.1 Å². The largest absolute Gasteiger partial charge is 0.444 e. The molecule has 2 aromatic rings. The summed E-state index contributed by atoms with van der Waals surface area (Å²) in [7, 11) is 0. The second kappa shape index (κ2) is 12.4. The fraction of sp³-hybridized carbons (Fsp3) is 0.500. The number of Topliss-reactive ketones (excluding diaryl/α,β-unsaturated/α-hetero) is 1. The second-order valence-electron chi connectivity index (χ2n) is 11.6. The zero-order valence-electron chi connectivity index (χ0n) is 24.8. The fourth-order valence-electron chi connectivity index (χ4n) is 4.38. The molecule has 0 spiro atoms. The van der Waals surface area contributed by atoms with Gasteiger partial charge in [0.25, 0.3) is 0 Å². The molecule has 4 amide bonds. The van der Waals surface area contributed by atoms with Gasteiger partial charge in [0.15, 0.2) is 0 Å². The molecule has 0 bridgehead atoms. The number of benzene rings is 1. The fourth-order valence-corrected chi connectivity index (χ4v) is 4.38. The topological polar surface area (TPSA) is 143 Å². The Labute approximate surface area is 246 Å². The average molecular weight is 609 g/mol. The van der Waals surface area contributed by atoms with Crippen LogP contribution in [0.15, 0.2) is 35.3 Å². The van der Waals surface area contributed by atoms with E-state index < -0.39 is 52.9 Å². The summed E-state index contributed by atoms with van der Waals surface area (Å²) in [6.45, 7) is 10.1. The lowest BCUT2D eigenvalue weighted by atomic mass is 10.0. The summed E-state index contributed by atoms with van der Waals surface area (Å²) in [6, 6.07) is 3.86. The molecule has 1 aromatic heterocycles. The lowest BCUT2D eigenvalue weighted by Crippen LogP contribution is -2.60. The predicted octanol–water partition coefficient (Wildman–Crippen LogP) is 3.36. The molecule has 1 aliphatic rings. The molecule has 0 saturated carbocycles. The third kappa shape index (κ3) is 8.78. The number of alkyl carbamates (subject to hydrolysis) is 1. The van der Waals surface area contributed by atoms with Crippen LogP contribution in [0, 0.1) is 0 Å². The second-order valence-corrected chi connectivity index (χ2v) is 11.6. The number of carbonyl (C=O) groups excluding carboxylic acids is 4. The first-order valence-electron chi connectivity index (χ1n) is 13.4. The number of halogens is 3. The summed E-state index contributed by atoms with van der Waals surface area (Å²) in [5.41, 5.74) is -4.28. The molecular weight excluding hydrogens is 573 g/mol. The van der Waals surface area contributed by atoms with Gasteiger partial charge in [0, 0.05) is 38.8 Å². The van der Waals surface area contributed by atoms with Crippen molar-refractivity contribution in [1.82, 2.24) is 24.7 Å². The molecule has 1 saturated heterocycles. The van der Waals surface area contributed by atoms with E-state index in [-0.39, 0.29) is 49.2 Å². The Morgan fingerprint density at radius 1 is 0.953 bits per heavy atom. The minimum atomic E-state index is -4.75. The third-order valence-electron chi connectivity index (χ3n) is 6.36. The summed E-state index contributed by atoms with van der Waals surface area (Å²) in [5, 5.41) is 5.05. The van der Waals surface area contributed by atoms with Gasteiger partial charge in [-0.2, -0.15) is 18.2 Å². The van der Waals surface area contributed by atoms with Crippen molar-refractivity contribution in [2.24, 2.45) is 0 Å². The molecule has 0 radical (unpaired) electrons. The number of hydrogen-bond donors (Lipinski definition) is 2. The van der Waals surface area contributed by atoms with Gasteiger partial charge in [0.1, 0.15) is 22.7 Å². The lowest BCUT2D eigenvalue weighted by molar-refractivity contribution is -0.139. The first-order chi connectivity index (χ1) is 19.8. The molecule has 43 heavy (non-hydrogen) atoms. The maximum atomic E-state index is 13.6. The van der Waals surface area contributed by atoms with Crippen molar-refractivity contribution >= 4 is 29.6 Å². The van der Waals surface area contributed by atoms with Gasteiger partial charge in [-0.05, 0) is 65.3 Å². The van der Waals surface area contributed by atoms with E-state index in [1.165, 1.54) is 35.1 Å². The number of ketones is 1. The van der Waals surface area contributed by atoms with Crippen LogP contribution in [0.4, 0.5) is 28.6 Å². The van der Waals surface area contributed by atoms with Gasteiger partial charge in [0.2, 0.25) is 5.91 Å². The Balaban J connectivity index is 1.64. The Bertz CT molecular complexity index is 1460. The molecular formula is C28H35F3N6O6. The number of aromatic nitrogens is 2. The van der Waals surface area contributed by atoms with Gasteiger partial charge in [-0.25, -0.2) is 14.4 Å². The molecule has 2 heterocycles. The van der Waals surface area contributed by atoms with E-state index in [1.54, 1.807) is 34.6 Å². The minimum absolute atomic E-state index is 0.111. The van der Waals surface area contributed by atoms with Gasteiger partial charge in [0.05, 0.1) is 11.3 Å². The number of piperazine rings is 1. The van der Waals surface area contributed by atoms with Gasteiger partial charge in [-0.1, -0.05) is 6.07 Å². The molecule has 1 aromatic carbocycles.